The van der Waals surface area contributed by atoms with Crippen LogP contribution in [0.3, 0.4) is 0 Å². The van der Waals surface area contributed by atoms with Gasteiger partial charge in [-0.1, -0.05) is 11.6 Å². The number of nitrogens with zero attached hydrogens (tertiary/aromatic N) is 2. The van der Waals surface area contributed by atoms with E-state index in [1.54, 1.807) is 13.3 Å². The zero-order valence-electron chi connectivity index (χ0n) is 20.5. The highest BCUT2D eigenvalue weighted by atomic mass is 35.5. The van der Waals surface area contributed by atoms with Gasteiger partial charge in [0.25, 0.3) is 0 Å². The Morgan fingerprint density at radius 3 is 2.58 bits per heavy atom. The number of rotatable bonds is 10. The maximum absolute atomic E-state index is 13.9. The maximum atomic E-state index is 13.9. The molecule has 0 aliphatic carbocycles. The number of hydrogen-bond acceptors (Lipinski definition) is 4. The van der Waals surface area contributed by atoms with Gasteiger partial charge in [-0.3, -0.25) is 4.98 Å². The second kappa shape index (κ2) is 11.8. The van der Waals surface area contributed by atoms with Crippen LogP contribution in [-0.4, -0.2) is 48.3 Å². The van der Waals surface area contributed by atoms with E-state index in [-0.39, 0.29) is 24.0 Å². The Bertz CT molecular complexity index is 1200. The van der Waals surface area contributed by atoms with Crippen molar-refractivity contribution < 1.29 is 23.0 Å². The van der Waals surface area contributed by atoms with Crippen LogP contribution in [0.25, 0.3) is 10.9 Å². The molecule has 1 saturated heterocycles. The molecule has 8 heteroatoms. The number of hydrogen-bond donors (Lipinski definition) is 1. The van der Waals surface area contributed by atoms with E-state index in [2.05, 4.69) is 9.88 Å². The van der Waals surface area contributed by atoms with Crippen LogP contribution in [0.15, 0.2) is 36.5 Å². The van der Waals surface area contributed by atoms with Crippen molar-refractivity contribution >= 4 is 22.5 Å². The summed E-state index contributed by atoms with van der Waals surface area (Å²) in [6.45, 7) is 2.51. The highest BCUT2D eigenvalue weighted by Crippen LogP contribution is 2.37. The summed E-state index contributed by atoms with van der Waals surface area (Å²) in [7, 11) is 1.63. The van der Waals surface area contributed by atoms with Gasteiger partial charge >= 0.3 is 0 Å². The van der Waals surface area contributed by atoms with E-state index in [9.17, 15) is 18.3 Å². The third kappa shape index (κ3) is 6.13. The van der Waals surface area contributed by atoms with Crippen LogP contribution < -0.4 is 4.74 Å². The number of aliphatic hydroxyl groups is 1. The van der Waals surface area contributed by atoms with Crippen molar-refractivity contribution in [3.8, 4) is 5.75 Å². The average molecular weight is 521 g/mol. The number of fused-ring (bicyclic) bond motifs is 1. The van der Waals surface area contributed by atoms with Gasteiger partial charge in [-0.05, 0) is 105 Å². The van der Waals surface area contributed by atoms with Crippen LogP contribution in [0.1, 0.15) is 43.2 Å². The van der Waals surface area contributed by atoms with Crippen molar-refractivity contribution in [3.05, 3.63) is 70.1 Å². The Morgan fingerprint density at radius 1 is 1.08 bits per heavy atom. The van der Waals surface area contributed by atoms with Gasteiger partial charge in [0.15, 0.2) is 11.6 Å². The molecule has 0 unspecified atom stereocenters. The molecular weight excluding hydrogens is 489 g/mol. The molecule has 194 valence electrons. The van der Waals surface area contributed by atoms with Crippen LogP contribution in [0.4, 0.5) is 13.2 Å². The molecule has 0 amide bonds. The van der Waals surface area contributed by atoms with Gasteiger partial charge in [0.05, 0.1) is 17.6 Å². The van der Waals surface area contributed by atoms with Crippen molar-refractivity contribution in [1.29, 1.82) is 0 Å². The summed E-state index contributed by atoms with van der Waals surface area (Å²) < 4.78 is 46.1. The van der Waals surface area contributed by atoms with Crippen molar-refractivity contribution in [1.82, 2.24) is 9.88 Å². The van der Waals surface area contributed by atoms with Crippen LogP contribution in [-0.2, 0) is 12.8 Å². The van der Waals surface area contributed by atoms with E-state index in [4.69, 9.17) is 16.3 Å². The second-order valence-electron chi connectivity index (χ2n) is 9.79. The Labute approximate surface area is 215 Å². The summed E-state index contributed by atoms with van der Waals surface area (Å²) >= 11 is 6.50. The molecule has 2 aromatic carbocycles. The molecule has 3 aromatic rings. The number of piperidine rings is 1. The molecule has 4 nitrogen and oxygen atoms in total. The Kier molecular flexibility index (Phi) is 8.75. The van der Waals surface area contributed by atoms with E-state index in [1.165, 1.54) is 0 Å². The Hall–Kier alpha value is -2.35. The van der Waals surface area contributed by atoms with Crippen LogP contribution in [0.5, 0.6) is 5.75 Å². The first-order valence-corrected chi connectivity index (χ1v) is 12.8. The minimum absolute atomic E-state index is 0.0779. The molecule has 0 saturated carbocycles. The minimum atomic E-state index is -1.14. The molecule has 4 rings (SSSR count). The molecular formula is C28H32ClF3N2O2. The Morgan fingerprint density at radius 2 is 1.86 bits per heavy atom. The van der Waals surface area contributed by atoms with Gasteiger partial charge < -0.3 is 14.7 Å². The first kappa shape index (κ1) is 26.7. The smallest absolute Gasteiger partial charge is 0.162 e. The highest BCUT2D eigenvalue weighted by molar-refractivity contribution is 6.32. The van der Waals surface area contributed by atoms with E-state index in [1.807, 2.05) is 18.2 Å². The SMILES string of the molecule is COc1ccc2ncc(Cl)c(CCCC3(CO)CCN(CCCc4cc(F)cc(F)c4F)CC3)c2c1. The normalized spacial score (nSPS) is 15.9. The van der Waals surface area contributed by atoms with Crippen molar-refractivity contribution in [2.75, 3.05) is 33.4 Å². The number of aromatic nitrogens is 1. The van der Waals surface area contributed by atoms with Crippen LogP contribution >= 0.6 is 11.6 Å². The van der Waals surface area contributed by atoms with E-state index in [0.29, 0.717) is 17.5 Å². The molecule has 1 fully saturated rings. The molecule has 1 aliphatic heterocycles. The fourth-order valence-electron chi connectivity index (χ4n) is 5.25. The number of pyridine rings is 1. The number of ether oxygens (including phenoxy) is 1. The molecule has 0 atom stereocenters. The lowest BCUT2D eigenvalue weighted by molar-refractivity contribution is 0.0353. The summed E-state index contributed by atoms with van der Waals surface area (Å²) in [5, 5.41) is 11.9. The molecule has 1 aliphatic rings. The summed E-state index contributed by atoms with van der Waals surface area (Å²) in [5.41, 5.74) is 1.86. The van der Waals surface area contributed by atoms with Gasteiger partial charge in [0.1, 0.15) is 11.6 Å². The van der Waals surface area contributed by atoms with Crippen LogP contribution in [0.2, 0.25) is 5.02 Å². The summed E-state index contributed by atoms with van der Waals surface area (Å²) in [4.78, 5) is 6.70. The molecule has 1 N–H and O–H groups in total. The van der Waals surface area contributed by atoms with Crippen molar-refractivity contribution in [2.24, 2.45) is 5.41 Å². The third-order valence-corrected chi connectivity index (χ3v) is 7.83. The fourth-order valence-corrected chi connectivity index (χ4v) is 5.49. The molecule has 0 spiro atoms. The van der Waals surface area contributed by atoms with E-state index in [0.717, 1.165) is 80.0 Å². The molecule has 0 bridgehead atoms. The number of aryl methyl sites for hydroxylation is 2. The quantitative estimate of drug-likeness (QED) is 0.317. The van der Waals surface area contributed by atoms with Gasteiger partial charge in [-0.25, -0.2) is 13.2 Å². The van der Waals surface area contributed by atoms with E-state index >= 15 is 0 Å². The van der Waals surface area contributed by atoms with Gasteiger partial charge in [-0.15, -0.1) is 0 Å². The lowest BCUT2D eigenvalue weighted by Gasteiger charge is -2.41. The zero-order chi connectivity index (χ0) is 25.7. The third-order valence-electron chi connectivity index (χ3n) is 7.51. The second-order valence-corrected chi connectivity index (χ2v) is 10.2. The standard InChI is InChI=1S/C28H32ClF3N2O2/c1-36-21-6-7-26-23(16-21)22(24(29)17-33-26)5-2-8-28(18-35)9-12-34(13-10-28)11-3-4-19-14-20(30)15-25(31)27(19)32/h6-7,14-17,35H,2-5,8-13,18H2,1H3. The first-order valence-electron chi connectivity index (χ1n) is 12.4. The average Bonchev–Trinajstić information content (AvgIpc) is 2.88. The number of likely N-dealkylation sites (tertiary alicyclic amines) is 1. The molecule has 0 radical (unpaired) electrons. The maximum Gasteiger partial charge on any atom is 0.162 e. The molecule has 1 aromatic heterocycles. The van der Waals surface area contributed by atoms with Crippen LogP contribution in [0, 0.1) is 22.9 Å². The summed E-state index contributed by atoms with van der Waals surface area (Å²) in [6.07, 6.45) is 6.88. The predicted octanol–water partition coefficient (Wildman–Crippen LogP) is 6.34. The van der Waals surface area contributed by atoms with Gasteiger partial charge in [0, 0.05) is 24.3 Å². The number of halogens is 4. The number of methoxy groups -OCH3 is 1. The van der Waals surface area contributed by atoms with Crippen molar-refractivity contribution in [2.45, 2.75) is 44.9 Å². The lowest BCUT2D eigenvalue weighted by Crippen LogP contribution is -2.42. The number of benzene rings is 2. The summed E-state index contributed by atoms with van der Waals surface area (Å²) in [5.74, 6) is -2.10. The fraction of sp³-hybridized carbons (Fsp3) is 0.464. The minimum Gasteiger partial charge on any atom is -0.497 e. The van der Waals surface area contributed by atoms with Gasteiger partial charge in [-0.2, -0.15) is 0 Å². The summed E-state index contributed by atoms with van der Waals surface area (Å²) in [6, 6.07) is 7.42. The van der Waals surface area contributed by atoms with Crippen molar-refractivity contribution in [3.63, 3.8) is 0 Å². The Balaban J connectivity index is 1.30. The van der Waals surface area contributed by atoms with E-state index < -0.39 is 17.5 Å². The topological polar surface area (TPSA) is 45.6 Å². The molecule has 2 heterocycles. The zero-order valence-corrected chi connectivity index (χ0v) is 21.3. The highest BCUT2D eigenvalue weighted by Gasteiger charge is 2.33. The molecule has 36 heavy (non-hydrogen) atoms. The predicted molar refractivity (Wildman–Crippen MR) is 136 cm³/mol. The number of aliphatic hydroxyl groups excluding tert-OH is 1. The largest absolute Gasteiger partial charge is 0.497 e. The van der Waals surface area contributed by atoms with Gasteiger partial charge in [0.2, 0.25) is 0 Å². The lowest BCUT2D eigenvalue weighted by atomic mass is 9.75. The first-order chi connectivity index (χ1) is 17.3. The monoisotopic (exact) mass is 520 g/mol.